The lowest BCUT2D eigenvalue weighted by molar-refractivity contribution is -0.131. The molecule has 1 aromatic heterocycles. The number of nitrogens with zero attached hydrogens (tertiary/aromatic N) is 1. The minimum Gasteiger partial charge on any atom is -0.478 e. The summed E-state index contributed by atoms with van der Waals surface area (Å²) in [5, 5.41) is 8.70. The molecule has 1 aliphatic rings. The molecular weight excluding hydrogens is 354 g/mol. The monoisotopic (exact) mass is 385 g/mol. The zero-order valence-corrected chi connectivity index (χ0v) is 16.9. The number of rotatable bonds is 11. The second-order valence-corrected chi connectivity index (χ2v) is 7.35. The molecular formula is C23H31NO4. The lowest BCUT2D eigenvalue weighted by Gasteiger charge is -2.24. The third kappa shape index (κ3) is 7.22. The maximum atomic E-state index is 12.3. The van der Waals surface area contributed by atoms with Gasteiger partial charge in [-0.25, -0.2) is 4.79 Å². The number of amides is 1. The lowest BCUT2D eigenvalue weighted by Crippen LogP contribution is -2.31. The van der Waals surface area contributed by atoms with Crippen molar-refractivity contribution in [1.82, 2.24) is 4.90 Å². The molecule has 1 aromatic rings. The third-order valence-electron chi connectivity index (χ3n) is 4.92. The summed E-state index contributed by atoms with van der Waals surface area (Å²) in [7, 11) is 1.88. The Morgan fingerprint density at radius 3 is 2.79 bits per heavy atom. The Balaban J connectivity index is 1.82. The SMILES string of the molecule is CCCCCCCC(=O)N(C)CC1C=CC=C(c2ccc(/C=C/C(=O)O)o2)C1. The van der Waals surface area contributed by atoms with Crippen LogP contribution in [-0.4, -0.2) is 35.5 Å². The molecule has 0 spiro atoms. The Labute approximate surface area is 167 Å². The van der Waals surface area contributed by atoms with Crippen LogP contribution in [0.4, 0.5) is 0 Å². The summed E-state index contributed by atoms with van der Waals surface area (Å²) >= 11 is 0. The van der Waals surface area contributed by atoms with E-state index in [1.165, 1.54) is 25.3 Å². The molecule has 152 valence electrons. The molecule has 0 radical (unpaired) electrons. The number of carbonyl (C=O) groups is 2. The van der Waals surface area contributed by atoms with Crippen molar-refractivity contribution in [2.75, 3.05) is 13.6 Å². The highest BCUT2D eigenvalue weighted by Gasteiger charge is 2.19. The summed E-state index contributed by atoms with van der Waals surface area (Å²) in [5.41, 5.74) is 1.06. The average Bonchev–Trinajstić information content (AvgIpc) is 3.15. The Bertz CT molecular complexity index is 742. The van der Waals surface area contributed by atoms with Gasteiger partial charge in [0.15, 0.2) is 0 Å². The molecule has 1 aliphatic carbocycles. The van der Waals surface area contributed by atoms with E-state index in [1.54, 1.807) is 6.07 Å². The molecule has 1 unspecified atom stereocenters. The predicted molar refractivity (Wildman–Crippen MR) is 112 cm³/mol. The molecule has 2 rings (SSSR count). The van der Waals surface area contributed by atoms with Crippen molar-refractivity contribution in [2.45, 2.75) is 51.9 Å². The van der Waals surface area contributed by atoms with Crippen molar-refractivity contribution in [3.8, 4) is 0 Å². The van der Waals surface area contributed by atoms with Crippen LogP contribution in [0.25, 0.3) is 11.6 Å². The maximum absolute atomic E-state index is 12.3. The number of hydrogen-bond donors (Lipinski definition) is 1. The van der Waals surface area contributed by atoms with Gasteiger partial charge in [-0.15, -0.1) is 0 Å². The van der Waals surface area contributed by atoms with E-state index < -0.39 is 5.97 Å². The topological polar surface area (TPSA) is 70.8 Å². The number of allylic oxidation sites excluding steroid dienone is 3. The third-order valence-corrected chi connectivity index (χ3v) is 4.92. The van der Waals surface area contributed by atoms with E-state index in [1.807, 2.05) is 30.2 Å². The average molecular weight is 386 g/mol. The van der Waals surface area contributed by atoms with Crippen molar-refractivity contribution < 1.29 is 19.1 Å². The van der Waals surface area contributed by atoms with Gasteiger partial charge in [-0.1, -0.05) is 50.8 Å². The quantitative estimate of drug-likeness (QED) is 0.422. The van der Waals surface area contributed by atoms with Crippen LogP contribution in [0.3, 0.4) is 0 Å². The maximum Gasteiger partial charge on any atom is 0.328 e. The van der Waals surface area contributed by atoms with Crippen molar-refractivity contribution in [3.05, 3.63) is 48.0 Å². The van der Waals surface area contributed by atoms with E-state index >= 15 is 0 Å². The second-order valence-electron chi connectivity index (χ2n) is 7.35. The van der Waals surface area contributed by atoms with Crippen LogP contribution in [-0.2, 0) is 9.59 Å². The first-order valence-electron chi connectivity index (χ1n) is 10.1. The minimum atomic E-state index is -1.00. The van der Waals surface area contributed by atoms with Crippen molar-refractivity contribution >= 4 is 23.5 Å². The number of carboxylic acid groups (broad SMARTS) is 1. The molecule has 0 aliphatic heterocycles. The number of aliphatic carboxylic acids is 1. The fourth-order valence-corrected chi connectivity index (χ4v) is 3.35. The number of hydrogen-bond acceptors (Lipinski definition) is 3. The predicted octanol–water partition coefficient (Wildman–Crippen LogP) is 5.16. The van der Waals surface area contributed by atoms with Gasteiger partial charge in [-0.05, 0) is 42.5 Å². The number of unbranched alkanes of at least 4 members (excludes halogenated alkanes) is 4. The first-order valence-corrected chi connectivity index (χ1v) is 10.1. The molecule has 1 atom stereocenters. The summed E-state index contributed by atoms with van der Waals surface area (Å²) in [6, 6.07) is 3.62. The molecule has 1 heterocycles. The van der Waals surface area contributed by atoms with Crippen LogP contribution in [0, 0.1) is 5.92 Å². The smallest absolute Gasteiger partial charge is 0.328 e. The molecule has 5 nitrogen and oxygen atoms in total. The molecule has 28 heavy (non-hydrogen) atoms. The fourth-order valence-electron chi connectivity index (χ4n) is 3.35. The molecule has 0 aromatic carbocycles. The van der Waals surface area contributed by atoms with E-state index in [4.69, 9.17) is 9.52 Å². The van der Waals surface area contributed by atoms with Gasteiger partial charge < -0.3 is 14.4 Å². The van der Waals surface area contributed by atoms with Crippen molar-refractivity contribution in [1.29, 1.82) is 0 Å². The molecule has 1 N–H and O–H groups in total. The van der Waals surface area contributed by atoms with Gasteiger partial charge in [0.25, 0.3) is 0 Å². The van der Waals surface area contributed by atoms with Gasteiger partial charge in [0.05, 0.1) is 0 Å². The highest BCUT2D eigenvalue weighted by atomic mass is 16.4. The molecule has 0 saturated carbocycles. The van der Waals surface area contributed by atoms with Crippen LogP contribution in [0.1, 0.15) is 63.4 Å². The summed E-state index contributed by atoms with van der Waals surface area (Å²) in [6.45, 7) is 2.88. The molecule has 5 heteroatoms. The standard InChI is InChI=1S/C23H31NO4/c1-3-4-5-6-7-11-22(25)24(2)17-18-9-8-10-19(16-18)21-14-12-20(28-21)13-15-23(26)27/h8-10,12-15,18H,3-7,11,16-17H2,1-2H3,(H,26,27)/b15-13+. The van der Waals surface area contributed by atoms with E-state index in [-0.39, 0.29) is 11.8 Å². The van der Waals surface area contributed by atoms with Gasteiger partial charge in [0.1, 0.15) is 11.5 Å². The van der Waals surface area contributed by atoms with Crippen molar-refractivity contribution in [3.63, 3.8) is 0 Å². The largest absolute Gasteiger partial charge is 0.478 e. The van der Waals surface area contributed by atoms with Gasteiger partial charge in [-0.2, -0.15) is 0 Å². The van der Waals surface area contributed by atoms with E-state index in [2.05, 4.69) is 13.0 Å². The van der Waals surface area contributed by atoms with Gasteiger partial charge >= 0.3 is 5.97 Å². The van der Waals surface area contributed by atoms with Gasteiger partial charge in [0, 0.05) is 26.1 Å². The summed E-state index contributed by atoms with van der Waals surface area (Å²) in [5.74, 6) is 0.706. The first kappa shape index (κ1) is 21.7. The van der Waals surface area contributed by atoms with Crippen LogP contribution >= 0.6 is 0 Å². The summed E-state index contributed by atoms with van der Waals surface area (Å²) in [4.78, 5) is 24.8. The summed E-state index contributed by atoms with van der Waals surface area (Å²) in [6.07, 6.45) is 15.8. The van der Waals surface area contributed by atoms with Crippen LogP contribution in [0.5, 0.6) is 0 Å². The molecule has 0 bridgehead atoms. The zero-order valence-electron chi connectivity index (χ0n) is 16.9. The van der Waals surface area contributed by atoms with Crippen LogP contribution < -0.4 is 0 Å². The lowest BCUT2D eigenvalue weighted by atomic mass is 9.92. The second kappa shape index (κ2) is 11.3. The minimum absolute atomic E-state index is 0.208. The Morgan fingerprint density at radius 2 is 2.04 bits per heavy atom. The van der Waals surface area contributed by atoms with E-state index in [0.29, 0.717) is 18.7 Å². The molecule has 0 saturated heterocycles. The van der Waals surface area contributed by atoms with Crippen molar-refractivity contribution in [2.24, 2.45) is 5.92 Å². The first-order chi connectivity index (χ1) is 13.5. The van der Waals surface area contributed by atoms with E-state index in [0.717, 1.165) is 36.7 Å². The molecule has 1 amide bonds. The zero-order chi connectivity index (χ0) is 20.4. The Kier molecular flexibility index (Phi) is 8.79. The Hall–Kier alpha value is -2.56. The highest BCUT2D eigenvalue weighted by molar-refractivity contribution is 5.84. The highest BCUT2D eigenvalue weighted by Crippen LogP contribution is 2.29. The Morgan fingerprint density at radius 1 is 1.25 bits per heavy atom. The van der Waals surface area contributed by atoms with Gasteiger partial charge in [0.2, 0.25) is 5.91 Å². The fraction of sp³-hybridized carbons (Fsp3) is 0.478. The van der Waals surface area contributed by atoms with E-state index in [9.17, 15) is 9.59 Å². The van der Waals surface area contributed by atoms with Gasteiger partial charge in [-0.3, -0.25) is 4.79 Å². The number of carbonyl (C=O) groups excluding carboxylic acids is 1. The number of furan rings is 1. The van der Waals surface area contributed by atoms with Crippen LogP contribution in [0.2, 0.25) is 0 Å². The summed E-state index contributed by atoms with van der Waals surface area (Å²) < 4.78 is 5.73. The van der Waals surface area contributed by atoms with Crippen LogP contribution in [0.15, 0.2) is 40.9 Å². The number of carboxylic acids is 1. The molecule has 0 fully saturated rings. The normalized spacial score (nSPS) is 16.4.